The van der Waals surface area contributed by atoms with Gasteiger partial charge in [-0.1, -0.05) is 18.2 Å². The van der Waals surface area contributed by atoms with Gasteiger partial charge in [0.2, 0.25) is 0 Å². The molecule has 1 aromatic rings. The number of rotatable bonds is 3. The van der Waals surface area contributed by atoms with E-state index < -0.39 is 0 Å². The highest BCUT2D eigenvalue weighted by atomic mass is 16.2. The zero-order valence-corrected chi connectivity index (χ0v) is 9.26. The number of hydrogen-bond acceptors (Lipinski definition) is 3. The minimum absolute atomic E-state index is 0.0224. The van der Waals surface area contributed by atoms with Crippen molar-refractivity contribution in [3.8, 4) is 0 Å². The molecule has 84 valence electrons. The molecular weight excluding hydrogens is 202 g/mol. The molecule has 1 unspecified atom stereocenters. The monoisotopic (exact) mass is 217 g/mol. The molecule has 0 saturated heterocycles. The van der Waals surface area contributed by atoms with Crippen LogP contribution < -0.4 is 10.7 Å². The summed E-state index contributed by atoms with van der Waals surface area (Å²) >= 11 is 0. The molecule has 1 atom stereocenters. The maximum absolute atomic E-state index is 12.1. The minimum Gasteiger partial charge on any atom is -0.330 e. The van der Waals surface area contributed by atoms with Crippen LogP contribution in [0.4, 0.5) is 5.69 Å². The Morgan fingerprint density at radius 3 is 2.69 bits per heavy atom. The van der Waals surface area contributed by atoms with Crippen molar-refractivity contribution < 1.29 is 4.79 Å². The second-order valence-electron chi connectivity index (χ2n) is 3.86. The van der Waals surface area contributed by atoms with Gasteiger partial charge in [0.1, 0.15) is 0 Å². The number of carbonyl (C=O) groups is 1. The zero-order chi connectivity index (χ0) is 11.5. The fourth-order valence-corrected chi connectivity index (χ4v) is 1.86. The number of carbonyl (C=O) groups excluding carboxylic acids is 1. The van der Waals surface area contributed by atoms with Crippen LogP contribution in [0.5, 0.6) is 0 Å². The summed E-state index contributed by atoms with van der Waals surface area (Å²) in [6.45, 7) is 2.38. The van der Waals surface area contributed by atoms with Crippen LogP contribution in [-0.4, -0.2) is 18.2 Å². The zero-order valence-electron chi connectivity index (χ0n) is 9.26. The predicted molar refractivity (Wildman–Crippen MR) is 64.2 cm³/mol. The van der Waals surface area contributed by atoms with Gasteiger partial charge in [-0.05, 0) is 32.0 Å². The molecule has 0 aromatic heterocycles. The summed E-state index contributed by atoms with van der Waals surface area (Å²) in [6, 6.07) is 9.45. The molecule has 0 saturated carbocycles. The Morgan fingerprint density at radius 2 is 2.06 bits per heavy atom. The van der Waals surface area contributed by atoms with E-state index in [2.05, 4.69) is 5.10 Å². The first-order chi connectivity index (χ1) is 7.74. The van der Waals surface area contributed by atoms with Gasteiger partial charge in [0.05, 0.1) is 11.6 Å². The lowest BCUT2D eigenvalue weighted by atomic mass is 10.0. The van der Waals surface area contributed by atoms with Gasteiger partial charge in [0.25, 0.3) is 5.91 Å². The SMILES string of the molecule is CC1=NN(c2ccccc2)C(=O)C1CCN. The molecule has 4 nitrogen and oxygen atoms in total. The van der Waals surface area contributed by atoms with Crippen molar-refractivity contribution in [2.45, 2.75) is 13.3 Å². The molecule has 0 bridgehead atoms. The molecule has 4 heteroatoms. The lowest BCUT2D eigenvalue weighted by molar-refractivity contribution is -0.119. The normalized spacial score (nSPS) is 20.1. The van der Waals surface area contributed by atoms with Crippen LogP contribution in [0.3, 0.4) is 0 Å². The van der Waals surface area contributed by atoms with Gasteiger partial charge in [-0.25, -0.2) is 5.01 Å². The number of hydrazone groups is 1. The van der Waals surface area contributed by atoms with Crippen molar-refractivity contribution in [1.29, 1.82) is 0 Å². The Morgan fingerprint density at radius 1 is 1.38 bits per heavy atom. The third kappa shape index (κ3) is 1.84. The number of para-hydroxylation sites is 1. The fourth-order valence-electron chi connectivity index (χ4n) is 1.86. The number of nitrogens with zero attached hydrogens (tertiary/aromatic N) is 2. The summed E-state index contributed by atoms with van der Waals surface area (Å²) < 4.78 is 0. The summed E-state index contributed by atoms with van der Waals surface area (Å²) in [4.78, 5) is 12.1. The van der Waals surface area contributed by atoms with E-state index in [1.165, 1.54) is 5.01 Å². The summed E-state index contributed by atoms with van der Waals surface area (Å²) in [7, 11) is 0. The van der Waals surface area contributed by atoms with E-state index in [1.807, 2.05) is 37.3 Å². The van der Waals surface area contributed by atoms with Crippen molar-refractivity contribution >= 4 is 17.3 Å². The summed E-state index contributed by atoms with van der Waals surface area (Å²) in [6.07, 6.45) is 0.664. The highest BCUT2D eigenvalue weighted by Gasteiger charge is 2.33. The van der Waals surface area contributed by atoms with Crippen LogP contribution in [0, 0.1) is 5.92 Å². The van der Waals surface area contributed by atoms with Crippen molar-refractivity contribution in [1.82, 2.24) is 0 Å². The van der Waals surface area contributed by atoms with E-state index in [9.17, 15) is 4.79 Å². The highest BCUT2D eigenvalue weighted by Crippen LogP contribution is 2.24. The molecule has 0 fully saturated rings. The van der Waals surface area contributed by atoms with Gasteiger partial charge < -0.3 is 5.73 Å². The van der Waals surface area contributed by atoms with Crippen LogP contribution in [0.25, 0.3) is 0 Å². The predicted octanol–water partition coefficient (Wildman–Crippen LogP) is 1.37. The first kappa shape index (κ1) is 10.8. The molecule has 2 rings (SSSR count). The van der Waals surface area contributed by atoms with E-state index in [0.717, 1.165) is 11.4 Å². The van der Waals surface area contributed by atoms with Gasteiger partial charge in [-0.15, -0.1) is 0 Å². The van der Waals surface area contributed by atoms with Crippen LogP contribution in [0.2, 0.25) is 0 Å². The van der Waals surface area contributed by atoms with E-state index in [4.69, 9.17) is 5.73 Å². The van der Waals surface area contributed by atoms with Crippen molar-refractivity contribution in [2.75, 3.05) is 11.6 Å². The third-order valence-corrected chi connectivity index (χ3v) is 2.72. The smallest absolute Gasteiger partial charge is 0.256 e. The third-order valence-electron chi connectivity index (χ3n) is 2.72. The first-order valence-electron chi connectivity index (χ1n) is 5.38. The highest BCUT2D eigenvalue weighted by molar-refractivity contribution is 6.14. The average molecular weight is 217 g/mol. The van der Waals surface area contributed by atoms with Gasteiger partial charge in [-0.2, -0.15) is 5.10 Å². The number of amides is 1. The van der Waals surface area contributed by atoms with Gasteiger partial charge in [0, 0.05) is 5.71 Å². The lowest BCUT2D eigenvalue weighted by Gasteiger charge is -2.13. The van der Waals surface area contributed by atoms with Gasteiger partial charge in [-0.3, -0.25) is 4.79 Å². The molecule has 0 radical (unpaired) electrons. The van der Waals surface area contributed by atoms with Crippen molar-refractivity contribution in [3.63, 3.8) is 0 Å². The van der Waals surface area contributed by atoms with Gasteiger partial charge >= 0.3 is 0 Å². The van der Waals surface area contributed by atoms with Crippen LogP contribution >= 0.6 is 0 Å². The molecule has 1 amide bonds. The van der Waals surface area contributed by atoms with E-state index in [0.29, 0.717) is 13.0 Å². The Labute approximate surface area is 94.7 Å². The lowest BCUT2D eigenvalue weighted by Crippen LogP contribution is -2.28. The Bertz CT molecular complexity index is 414. The molecule has 16 heavy (non-hydrogen) atoms. The Kier molecular flexibility index (Phi) is 3.01. The Balaban J connectivity index is 2.24. The quantitative estimate of drug-likeness (QED) is 0.831. The molecule has 1 aromatic carbocycles. The van der Waals surface area contributed by atoms with Crippen LogP contribution in [0.1, 0.15) is 13.3 Å². The first-order valence-corrected chi connectivity index (χ1v) is 5.38. The van der Waals surface area contributed by atoms with Crippen molar-refractivity contribution in [2.24, 2.45) is 16.8 Å². The molecular formula is C12H15N3O. The molecule has 0 spiro atoms. The summed E-state index contributed by atoms with van der Waals surface area (Å²) in [5.41, 5.74) is 7.15. The Hall–Kier alpha value is -1.68. The van der Waals surface area contributed by atoms with Crippen molar-refractivity contribution in [3.05, 3.63) is 30.3 Å². The maximum Gasteiger partial charge on any atom is 0.256 e. The second-order valence-corrected chi connectivity index (χ2v) is 3.86. The van der Waals surface area contributed by atoms with Gasteiger partial charge in [0.15, 0.2) is 0 Å². The molecule has 1 heterocycles. The molecule has 1 aliphatic rings. The number of hydrogen-bond donors (Lipinski definition) is 1. The number of anilines is 1. The molecule has 1 aliphatic heterocycles. The topological polar surface area (TPSA) is 58.7 Å². The average Bonchev–Trinajstić information content (AvgIpc) is 2.59. The largest absolute Gasteiger partial charge is 0.330 e. The maximum atomic E-state index is 12.1. The summed E-state index contributed by atoms with van der Waals surface area (Å²) in [5.74, 6) is -0.126. The van der Waals surface area contributed by atoms with E-state index >= 15 is 0 Å². The second kappa shape index (κ2) is 4.45. The fraction of sp³-hybridized carbons (Fsp3) is 0.333. The summed E-state index contributed by atoms with van der Waals surface area (Å²) in [5, 5.41) is 5.75. The van der Waals surface area contributed by atoms with Crippen LogP contribution in [-0.2, 0) is 4.79 Å². The molecule has 2 N–H and O–H groups in total. The minimum atomic E-state index is -0.148. The number of nitrogens with two attached hydrogens (primary N) is 1. The standard InChI is InChI=1S/C12H15N3O/c1-9-11(7-8-13)12(16)15(14-9)10-5-3-2-4-6-10/h2-6,11H,7-8,13H2,1H3. The number of benzene rings is 1. The van der Waals surface area contributed by atoms with Crippen LogP contribution in [0.15, 0.2) is 35.4 Å². The van der Waals surface area contributed by atoms with E-state index in [1.54, 1.807) is 0 Å². The molecule has 0 aliphatic carbocycles. The van der Waals surface area contributed by atoms with E-state index in [-0.39, 0.29) is 11.8 Å².